The van der Waals surface area contributed by atoms with Crippen LogP contribution in [0.4, 0.5) is 5.69 Å². The Morgan fingerprint density at radius 1 is 1.24 bits per heavy atom. The number of rotatable bonds is 1. The lowest BCUT2D eigenvalue weighted by molar-refractivity contribution is -0.127. The molecule has 1 heterocycles. The molecule has 0 aromatic heterocycles. The number of amides is 2. The fraction of sp³-hybridized carbons (Fsp3) is 0.100. The Morgan fingerprint density at radius 2 is 1.94 bits per heavy atom. The van der Waals surface area contributed by atoms with Crippen LogP contribution in [-0.2, 0) is 9.59 Å². The van der Waals surface area contributed by atoms with Crippen molar-refractivity contribution in [1.29, 1.82) is 0 Å². The summed E-state index contributed by atoms with van der Waals surface area (Å²) in [6.07, 6.45) is -0.236. The van der Waals surface area contributed by atoms with Gasteiger partial charge in [-0.25, -0.2) is 0 Å². The number of hydrogen-bond acceptors (Lipinski definition) is 3. The van der Waals surface area contributed by atoms with E-state index in [1.807, 2.05) is 0 Å². The molecule has 2 rings (SSSR count). The van der Waals surface area contributed by atoms with E-state index in [-0.39, 0.29) is 11.5 Å². The molecule has 0 spiro atoms. The largest absolute Gasteiger partial charge is 0.302 e. The Bertz CT molecular complexity index is 513. The fourth-order valence-electron chi connectivity index (χ4n) is 1.43. The first-order chi connectivity index (χ1) is 7.99. The summed E-state index contributed by atoms with van der Waals surface area (Å²) >= 11 is 16.6. The molecule has 0 aliphatic carbocycles. The number of hydrogen-bond donors (Lipinski definition) is 1. The standard InChI is InChI=1S/C10H6Cl2N2O2S/c11-6-2-1-5(3-7(6)12)14-9(16)4-8(15)13-10(14)17/h1-3H,4H2,(H,13,15,17). The topological polar surface area (TPSA) is 49.4 Å². The fourth-order valence-corrected chi connectivity index (χ4v) is 2.05. The smallest absolute Gasteiger partial charge is 0.242 e. The average Bonchev–Trinajstić information content (AvgIpc) is 2.21. The van der Waals surface area contributed by atoms with Crippen molar-refractivity contribution >= 4 is 58.0 Å². The summed E-state index contributed by atoms with van der Waals surface area (Å²) < 4.78 is 0. The normalized spacial score (nSPS) is 16.1. The lowest BCUT2D eigenvalue weighted by Gasteiger charge is -2.27. The van der Waals surface area contributed by atoms with Crippen LogP contribution in [0.5, 0.6) is 0 Å². The van der Waals surface area contributed by atoms with E-state index in [0.29, 0.717) is 15.7 Å². The highest BCUT2D eigenvalue weighted by Crippen LogP contribution is 2.28. The lowest BCUT2D eigenvalue weighted by Crippen LogP contribution is -2.52. The summed E-state index contributed by atoms with van der Waals surface area (Å²) in [5.41, 5.74) is 0.481. The predicted molar refractivity (Wildman–Crippen MR) is 69.3 cm³/mol. The highest BCUT2D eigenvalue weighted by molar-refractivity contribution is 7.80. The Morgan fingerprint density at radius 3 is 2.53 bits per heavy atom. The molecular weight excluding hydrogens is 283 g/mol. The molecule has 1 aromatic carbocycles. The van der Waals surface area contributed by atoms with Gasteiger partial charge in [0.05, 0.1) is 15.7 Å². The second-order valence-corrected chi connectivity index (χ2v) is 4.56. The van der Waals surface area contributed by atoms with Crippen molar-refractivity contribution in [3.05, 3.63) is 28.2 Å². The number of halogens is 2. The molecule has 1 aliphatic rings. The minimum absolute atomic E-state index is 0.0460. The van der Waals surface area contributed by atoms with Crippen molar-refractivity contribution < 1.29 is 9.59 Å². The van der Waals surface area contributed by atoms with Crippen molar-refractivity contribution in [1.82, 2.24) is 5.32 Å². The van der Waals surface area contributed by atoms with E-state index < -0.39 is 11.8 Å². The minimum atomic E-state index is -0.406. The molecule has 88 valence electrons. The summed E-state index contributed by atoms with van der Waals surface area (Å²) in [6, 6.07) is 4.69. The molecule has 2 amide bonds. The van der Waals surface area contributed by atoms with Crippen LogP contribution in [0.3, 0.4) is 0 Å². The van der Waals surface area contributed by atoms with Crippen molar-refractivity contribution in [2.24, 2.45) is 0 Å². The summed E-state index contributed by atoms with van der Waals surface area (Å²) in [4.78, 5) is 24.0. The van der Waals surface area contributed by atoms with Gasteiger partial charge in [0, 0.05) is 0 Å². The Hall–Kier alpha value is -1.17. The Kier molecular flexibility index (Phi) is 3.33. The summed E-state index contributed by atoms with van der Waals surface area (Å²) in [5, 5.41) is 3.16. The lowest BCUT2D eigenvalue weighted by atomic mass is 10.2. The van der Waals surface area contributed by atoms with Crippen molar-refractivity contribution in [2.75, 3.05) is 4.90 Å². The van der Waals surface area contributed by atoms with Crippen molar-refractivity contribution in [3.63, 3.8) is 0 Å². The van der Waals surface area contributed by atoms with Gasteiger partial charge in [0.25, 0.3) is 0 Å². The van der Waals surface area contributed by atoms with Crippen molar-refractivity contribution in [2.45, 2.75) is 6.42 Å². The first-order valence-electron chi connectivity index (χ1n) is 4.61. The Balaban J connectivity index is 2.38. The van der Waals surface area contributed by atoms with Crippen LogP contribution in [-0.4, -0.2) is 16.9 Å². The van der Waals surface area contributed by atoms with Crippen LogP contribution < -0.4 is 10.2 Å². The number of thiocarbonyl (C=S) groups is 1. The Labute approximate surface area is 112 Å². The van der Waals surface area contributed by atoms with Gasteiger partial charge in [0.15, 0.2) is 5.11 Å². The molecule has 17 heavy (non-hydrogen) atoms. The van der Waals surface area contributed by atoms with Gasteiger partial charge < -0.3 is 5.32 Å². The highest BCUT2D eigenvalue weighted by Gasteiger charge is 2.29. The molecule has 1 aromatic rings. The van der Waals surface area contributed by atoms with Crippen molar-refractivity contribution in [3.8, 4) is 0 Å². The van der Waals surface area contributed by atoms with Gasteiger partial charge in [0.1, 0.15) is 6.42 Å². The molecule has 7 heteroatoms. The van der Waals surface area contributed by atoms with Gasteiger partial charge in [-0.2, -0.15) is 0 Å². The van der Waals surface area contributed by atoms with E-state index in [9.17, 15) is 9.59 Å². The predicted octanol–water partition coefficient (Wildman–Crippen LogP) is 2.13. The van der Waals surface area contributed by atoms with Crippen LogP contribution in [0.1, 0.15) is 6.42 Å². The summed E-state index contributed by atoms with van der Waals surface area (Å²) in [6.45, 7) is 0. The third kappa shape index (κ3) is 2.41. The van der Waals surface area contributed by atoms with E-state index in [0.717, 1.165) is 0 Å². The third-order valence-corrected chi connectivity index (χ3v) is 3.20. The molecule has 0 atom stereocenters. The molecule has 0 bridgehead atoms. The molecule has 4 nitrogen and oxygen atoms in total. The maximum Gasteiger partial charge on any atom is 0.242 e. The molecule has 1 fully saturated rings. The van der Waals surface area contributed by atoms with Gasteiger partial charge in [-0.05, 0) is 30.4 Å². The van der Waals surface area contributed by atoms with E-state index in [1.165, 1.54) is 11.0 Å². The third-order valence-electron chi connectivity index (χ3n) is 2.17. The number of anilines is 1. The zero-order valence-corrected chi connectivity index (χ0v) is 10.7. The second-order valence-electron chi connectivity index (χ2n) is 3.36. The molecular formula is C10H6Cl2N2O2S. The van der Waals surface area contributed by atoms with Gasteiger partial charge in [-0.15, -0.1) is 0 Å². The molecule has 0 radical (unpaired) electrons. The quantitative estimate of drug-likeness (QED) is 0.636. The number of nitrogens with zero attached hydrogens (tertiary/aromatic N) is 1. The second kappa shape index (κ2) is 4.60. The monoisotopic (exact) mass is 288 g/mol. The maximum atomic E-state index is 11.7. The van der Waals surface area contributed by atoms with E-state index in [2.05, 4.69) is 5.32 Å². The zero-order chi connectivity index (χ0) is 12.6. The average molecular weight is 289 g/mol. The van der Waals surface area contributed by atoms with E-state index in [1.54, 1.807) is 12.1 Å². The maximum absolute atomic E-state index is 11.7. The molecule has 1 saturated heterocycles. The van der Waals surface area contributed by atoms with Crippen LogP contribution in [0.15, 0.2) is 18.2 Å². The van der Waals surface area contributed by atoms with Crippen LogP contribution in [0, 0.1) is 0 Å². The molecule has 0 saturated carbocycles. The zero-order valence-electron chi connectivity index (χ0n) is 8.37. The summed E-state index contributed by atoms with van der Waals surface area (Å²) in [7, 11) is 0. The number of carbonyl (C=O) groups is 2. The van der Waals surface area contributed by atoms with Gasteiger partial charge >= 0.3 is 0 Å². The number of carbonyl (C=O) groups excluding carboxylic acids is 2. The van der Waals surface area contributed by atoms with Gasteiger partial charge in [-0.1, -0.05) is 23.2 Å². The molecule has 1 N–H and O–H groups in total. The highest BCUT2D eigenvalue weighted by atomic mass is 35.5. The van der Waals surface area contributed by atoms with E-state index >= 15 is 0 Å². The van der Waals surface area contributed by atoms with Crippen LogP contribution >= 0.6 is 35.4 Å². The number of benzene rings is 1. The van der Waals surface area contributed by atoms with Gasteiger partial charge in [-0.3, -0.25) is 14.5 Å². The first-order valence-corrected chi connectivity index (χ1v) is 5.77. The van der Waals surface area contributed by atoms with Crippen LogP contribution in [0.25, 0.3) is 0 Å². The number of nitrogens with one attached hydrogen (secondary N) is 1. The SMILES string of the molecule is O=C1CC(=O)N(c2ccc(Cl)c(Cl)c2)C(=S)N1. The molecule has 0 unspecified atom stereocenters. The van der Waals surface area contributed by atoms with Crippen LogP contribution in [0.2, 0.25) is 10.0 Å². The molecule has 1 aliphatic heterocycles. The minimum Gasteiger partial charge on any atom is -0.302 e. The van der Waals surface area contributed by atoms with E-state index in [4.69, 9.17) is 35.4 Å². The first kappa shape index (κ1) is 12.3. The summed E-state index contributed by atoms with van der Waals surface area (Å²) in [5.74, 6) is -0.798. The van der Waals surface area contributed by atoms with Gasteiger partial charge in [0.2, 0.25) is 11.8 Å².